The summed E-state index contributed by atoms with van der Waals surface area (Å²) >= 11 is 0. The van der Waals surface area contributed by atoms with Gasteiger partial charge in [-0.25, -0.2) is 13.1 Å². The van der Waals surface area contributed by atoms with Crippen LogP contribution in [-0.4, -0.2) is 27.5 Å². The van der Waals surface area contributed by atoms with Gasteiger partial charge in [-0.1, -0.05) is 12.1 Å². The molecule has 0 saturated carbocycles. The molecule has 1 aromatic carbocycles. The minimum Gasteiger partial charge on any atom is -0.315 e. The van der Waals surface area contributed by atoms with Crippen molar-refractivity contribution in [2.75, 3.05) is 13.1 Å². The van der Waals surface area contributed by atoms with Gasteiger partial charge in [-0.15, -0.1) is 0 Å². The van der Waals surface area contributed by atoms with Crippen molar-refractivity contribution in [3.05, 3.63) is 29.3 Å². The van der Waals surface area contributed by atoms with Crippen LogP contribution >= 0.6 is 0 Å². The maximum Gasteiger partial charge on any atom is 0.242 e. The van der Waals surface area contributed by atoms with Gasteiger partial charge < -0.3 is 5.32 Å². The summed E-state index contributed by atoms with van der Waals surface area (Å²) in [5.74, 6) is 0. The van der Waals surface area contributed by atoms with Crippen LogP contribution in [0.4, 0.5) is 0 Å². The molecule has 2 rings (SSSR count). The first-order valence-electron chi connectivity index (χ1n) is 6.27. The lowest BCUT2D eigenvalue weighted by Gasteiger charge is -2.23. The highest BCUT2D eigenvalue weighted by Gasteiger charge is 2.24. The van der Waals surface area contributed by atoms with Crippen molar-refractivity contribution in [1.29, 1.82) is 5.26 Å². The summed E-state index contributed by atoms with van der Waals surface area (Å²) in [5, 5.41) is 12.3. The highest BCUT2D eigenvalue weighted by atomic mass is 32.2. The van der Waals surface area contributed by atoms with E-state index in [9.17, 15) is 8.42 Å². The maximum atomic E-state index is 12.3. The molecule has 0 spiro atoms. The molecule has 1 aromatic rings. The largest absolute Gasteiger partial charge is 0.315 e. The second-order valence-electron chi connectivity index (χ2n) is 4.72. The van der Waals surface area contributed by atoms with Crippen LogP contribution < -0.4 is 10.0 Å². The number of nitrogens with one attached hydrogen (secondary N) is 2. The Morgan fingerprint density at radius 2 is 2.26 bits per heavy atom. The molecule has 2 N–H and O–H groups in total. The molecule has 1 saturated heterocycles. The van der Waals surface area contributed by atoms with Crippen LogP contribution in [0.15, 0.2) is 23.1 Å². The van der Waals surface area contributed by atoms with E-state index in [-0.39, 0.29) is 16.5 Å². The average molecular weight is 279 g/mol. The van der Waals surface area contributed by atoms with Gasteiger partial charge in [-0.3, -0.25) is 0 Å². The summed E-state index contributed by atoms with van der Waals surface area (Å²) in [6, 6.07) is 6.74. The van der Waals surface area contributed by atoms with E-state index in [1.54, 1.807) is 19.1 Å². The number of rotatable bonds is 3. The van der Waals surface area contributed by atoms with E-state index in [1.807, 2.05) is 6.07 Å². The van der Waals surface area contributed by atoms with E-state index in [1.165, 1.54) is 6.07 Å². The molecule has 6 heteroatoms. The monoisotopic (exact) mass is 279 g/mol. The molecular formula is C13H17N3O2S. The van der Waals surface area contributed by atoms with Gasteiger partial charge in [0.25, 0.3) is 0 Å². The molecule has 1 aliphatic heterocycles. The fourth-order valence-corrected chi connectivity index (χ4v) is 3.74. The Morgan fingerprint density at radius 3 is 2.89 bits per heavy atom. The van der Waals surface area contributed by atoms with Gasteiger partial charge in [0, 0.05) is 12.6 Å². The molecule has 1 fully saturated rings. The number of nitrogens with zero attached hydrogens (tertiary/aromatic N) is 1. The molecular weight excluding hydrogens is 262 g/mol. The summed E-state index contributed by atoms with van der Waals surface area (Å²) in [4.78, 5) is 0.0700. The topological polar surface area (TPSA) is 82.0 Å². The Bertz CT molecular complexity index is 599. The molecule has 1 atom stereocenters. The van der Waals surface area contributed by atoms with Crippen LogP contribution in [0.3, 0.4) is 0 Å². The third-order valence-electron chi connectivity index (χ3n) is 3.25. The Balaban J connectivity index is 2.29. The summed E-state index contributed by atoms with van der Waals surface area (Å²) in [6.07, 6.45) is 1.77. The smallest absolute Gasteiger partial charge is 0.242 e. The fourth-order valence-electron chi connectivity index (χ4n) is 2.24. The SMILES string of the molecule is Cc1cccc(S(=O)(=O)NC2CCCNC2)c1C#N. The zero-order chi connectivity index (χ0) is 13.9. The van der Waals surface area contributed by atoms with E-state index < -0.39 is 10.0 Å². The van der Waals surface area contributed by atoms with Gasteiger partial charge in [-0.05, 0) is 37.9 Å². The normalized spacial score (nSPS) is 19.9. The van der Waals surface area contributed by atoms with Crippen molar-refractivity contribution >= 4 is 10.0 Å². The van der Waals surface area contributed by atoms with E-state index >= 15 is 0 Å². The predicted octanol–water partition coefficient (Wildman–Crippen LogP) is 0.897. The van der Waals surface area contributed by atoms with Crippen molar-refractivity contribution in [2.45, 2.75) is 30.7 Å². The van der Waals surface area contributed by atoms with Crippen LogP contribution in [0, 0.1) is 18.3 Å². The number of aryl methyl sites for hydroxylation is 1. The zero-order valence-electron chi connectivity index (χ0n) is 10.8. The van der Waals surface area contributed by atoms with E-state index in [0.29, 0.717) is 12.1 Å². The van der Waals surface area contributed by atoms with E-state index in [0.717, 1.165) is 19.4 Å². The molecule has 5 nitrogen and oxygen atoms in total. The quantitative estimate of drug-likeness (QED) is 0.861. The molecule has 0 aliphatic carbocycles. The highest BCUT2D eigenvalue weighted by molar-refractivity contribution is 7.89. The van der Waals surface area contributed by atoms with Crippen molar-refractivity contribution in [3.8, 4) is 6.07 Å². The lowest BCUT2D eigenvalue weighted by atomic mass is 10.1. The van der Waals surface area contributed by atoms with Crippen LogP contribution in [-0.2, 0) is 10.0 Å². The molecule has 1 aliphatic rings. The summed E-state index contributed by atoms with van der Waals surface area (Å²) in [6.45, 7) is 3.29. The summed E-state index contributed by atoms with van der Waals surface area (Å²) in [5.41, 5.74) is 0.894. The molecule has 0 amide bonds. The second kappa shape index (κ2) is 5.70. The molecule has 102 valence electrons. The standard InChI is InChI=1S/C13H17N3O2S/c1-10-4-2-6-13(12(10)8-14)19(17,18)16-11-5-3-7-15-9-11/h2,4,6,11,15-16H,3,5,7,9H2,1H3. The molecule has 1 heterocycles. The molecule has 0 bridgehead atoms. The van der Waals surface area contributed by atoms with E-state index in [2.05, 4.69) is 10.0 Å². The fraction of sp³-hybridized carbons (Fsp3) is 0.462. The number of hydrogen-bond donors (Lipinski definition) is 2. The van der Waals surface area contributed by atoms with Crippen molar-refractivity contribution < 1.29 is 8.42 Å². The van der Waals surface area contributed by atoms with Crippen molar-refractivity contribution in [3.63, 3.8) is 0 Å². The number of nitriles is 1. The van der Waals surface area contributed by atoms with E-state index in [4.69, 9.17) is 5.26 Å². The third-order valence-corrected chi connectivity index (χ3v) is 4.82. The summed E-state index contributed by atoms with van der Waals surface area (Å²) in [7, 11) is -3.64. The molecule has 19 heavy (non-hydrogen) atoms. The van der Waals surface area contributed by atoms with Crippen LogP contribution in [0.5, 0.6) is 0 Å². The van der Waals surface area contributed by atoms with Crippen molar-refractivity contribution in [1.82, 2.24) is 10.0 Å². The minimum absolute atomic E-state index is 0.0700. The van der Waals surface area contributed by atoms with Crippen molar-refractivity contribution in [2.24, 2.45) is 0 Å². The summed E-state index contributed by atoms with van der Waals surface area (Å²) < 4.78 is 27.4. The first kappa shape index (κ1) is 14.0. The number of hydrogen-bond acceptors (Lipinski definition) is 4. The van der Waals surface area contributed by atoms with Crippen LogP contribution in [0.2, 0.25) is 0 Å². The Kier molecular flexibility index (Phi) is 4.20. The predicted molar refractivity (Wildman–Crippen MR) is 72.1 cm³/mol. The van der Waals surface area contributed by atoms with Crippen LogP contribution in [0.1, 0.15) is 24.0 Å². The Labute approximate surface area is 113 Å². The zero-order valence-corrected chi connectivity index (χ0v) is 11.6. The average Bonchev–Trinajstić information content (AvgIpc) is 2.39. The van der Waals surface area contributed by atoms with Gasteiger partial charge in [0.1, 0.15) is 11.0 Å². The Morgan fingerprint density at radius 1 is 1.47 bits per heavy atom. The number of piperidine rings is 1. The first-order chi connectivity index (χ1) is 9.04. The second-order valence-corrected chi connectivity index (χ2v) is 6.41. The maximum absolute atomic E-state index is 12.3. The molecule has 1 unspecified atom stereocenters. The van der Waals surface area contributed by atoms with Gasteiger partial charge in [0.15, 0.2) is 0 Å². The minimum atomic E-state index is -3.64. The number of benzene rings is 1. The van der Waals surface area contributed by atoms with Gasteiger partial charge in [0.05, 0.1) is 5.56 Å². The number of sulfonamides is 1. The Hall–Kier alpha value is -1.42. The molecule has 0 aromatic heterocycles. The van der Waals surface area contributed by atoms with Gasteiger partial charge in [0.2, 0.25) is 10.0 Å². The lowest BCUT2D eigenvalue weighted by Crippen LogP contribution is -2.45. The third kappa shape index (κ3) is 3.13. The first-order valence-corrected chi connectivity index (χ1v) is 7.75. The van der Waals surface area contributed by atoms with Gasteiger partial charge >= 0.3 is 0 Å². The lowest BCUT2D eigenvalue weighted by molar-refractivity contribution is 0.428. The molecule has 0 radical (unpaired) electrons. The highest BCUT2D eigenvalue weighted by Crippen LogP contribution is 2.19. The van der Waals surface area contributed by atoms with Gasteiger partial charge in [-0.2, -0.15) is 5.26 Å². The van der Waals surface area contributed by atoms with Crippen LogP contribution in [0.25, 0.3) is 0 Å².